The lowest BCUT2D eigenvalue weighted by molar-refractivity contribution is 0.0817. The summed E-state index contributed by atoms with van der Waals surface area (Å²) in [5.41, 5.74) is 1.30. The van der Waals surface area contributed by atoms with Crippen LogP contribution in [0.4, 0.5) is 5.82 Å². The number of hydrogen-bond acceptors (Lipinski definition) is 4. The minimum absolute atomic E-state index is 0.346. The molecule has 0 aliphatic carbocycles. The van der Waals surface area contributed by atoms with Crippen molar-refractivity contribution in [2.24, 2.45) is 0 Å². The summed E-state index contributed by atoms with van der Waals surface area (Å²) in [7, 11) is 1.81. The molecule has 1 aromatic rings. The van der Waals surface area contributed by atoms with Gasteiger partial charge >= 0.3 is 0 Å². The zero-order chi connectivity index (χ0) is 14.4. The number of pyridine rings is 1. The Morgan fingerprint density at radius 1 is 1.45 bits per heavy atom. The third-order valence-electron chi connectivity index (χ3n) is 4.06. The average Bonchev–Trinajstić information content (AvgIpc) is 2.52. The van der Waals surface area contributed by atoms with Crippen molar-refractivity contribution in [3.63, 3.8) is 0 Å². The highest BCUT2D eigenvalue weighted by Gasteiger charge is 2.22. The number of methoxy groups -OCH3 is 1. The summed E-state index contributed by atoms with van der Waals surface area (Å²) in [6.45, 7) is 7.52. The van der Waals surface area contributed by atoms with Crippen molar-refractivity contribution >= 4 is 5.82 Å². The van der Waals surface area contributed by atoms with Crippen molar-refractivity contribution in [2.45, 2.75) is 45.3 Å². The summed E-state index contributed by atoms with van der Waals surface area (Å²) in [5, 5.41) is 3.56. The highest BCUT2D eigenvalue weighted by Crippen LogP contribution is 2.26. The largest absolute Gasteiger partial charge is 0.381 e. The van der Waals surface area contributed by atoms with E-state index in [1.54, 1.807) is 0 Å². The van der Waals surface area contributed by atoms with Crippen molar-refractivity contribution in [2.75, 3.05) is 31.6 Å². The minimum atomic E-state index is 0.346. The molecule has 1 saturated heterocycles. The molecule has 0 aromatic carbocycles. The highest BCUT2D eigenvalue weighted by atomic mass is 16.5. The van der Waals surface area contributed by atoms with Crippen molar-refractivity contribution in [3.05, 3.63) is 23.9 Å². The van der Waals surface area contributed by atoms with E-state index in [9.17, 15) is 0 Å². The second-order valence-corrected chi connectivity index (χ2v) is 5.51. The van der Waals surface area contributed by atoms with Crippen LogP contribution in [-0.2, 0) is 4.74 Å². The van der Waals surface area contributed by atoms with Gasteiger partial charge in [-0.2, -0.15) is 0 Å². The number of hydrogen-bond donors (Lipinski definition) is 1. The zero-order valence-electron chi connectivity index (χ0n) is 12.9. The summed E-state index contributed by atoms with van der Waals surface area (Å²) in [6.07, 6.45) is 5.63. The van der Waals surface area contributed by atoms with E-state index in [1.165, 1.54) is 5.56 Å². The van der Waals surface area contributed by atoms with E-state index in [-0.39, 0.29) is 0 Å². The molecule has 112 valence electrons. The Kier molecular flexibility index (Phi) is 5.80. The van der Waals surface area contributed by atoms with E-state index in [2.05, 4.69) is 35.1 Å². The molecule has 0 bridgehead atoms. The number of piperidine rings is 1. The van der Waals surface area contributed by atoms with Crippen molar-refractivity contribution in [3.8, 4) is 0 Å². The van der Waals surface area contributed by atoms with Gasteiger partial charge in [0.1, 0.15) is 5.82 Å². The van der Waals surface area contributed by atoms with Gasteiger partial charge in [0.2, 0.25) is 0 Å². The monoisotopic (exact) mass is 277 g/mol. The molecule has 2 rings (SSSR count). The normalized spacial score (nSPS) is 18.2. The molecule has 1 aliphatic heterocycles. The molecule has 2 heterocycles. The van der Waals surface area contributed by atoms with E-state index >= 15 is 0 Å². The number of nitrogens with one attached hydrogen (secondary N) is 1. The molecule has 1 aromatic heterocycles. The summed E-state index contributed by atoms with van der Waals surface area (Å²) >= 11 is 0. The lowest BCUT2D eigenvalue weighted by Gasteiger charge is -2.34. The quantitative estimate of drug-likeness (QED) is 0.867. The first-order chi connectivity index (χ1) is 9.76. The fourth-order valence-electron chi connectivity index (χ4n) is 2.79. The van der Waals surface area contributed by atoms with Gasteiger partial charge in [0.25, 0.3) is 0 Å². The van der Waals surface area contributed by atoms with Crippen LogP contribution in [0.1, 0.15) is 44.7 Å². The van der Waals surface area contributed by atoms with Gasteiger partial charge in [-0.3, -0.25) is 0 Å². The van der Waals surface area contributed by atoms with Gasteiger partial charge in [0, 0.05) is 38.0 Å². The van der Waals surface area contributed by atoms with E-state index in [4.69, 9.17) is 4.74 Å². The van der Waals surface area contributed by atoms with Gasteiger partial charge in [0.05, 0.1) is 6.10 Å². The Morgan fingerprint density at radius 3 is 2.85 bits per heavy atom. The van der Waals surface area contributed by atoms with E-state index in [0.717, 1.165) is 44.7 Å². The molecule has 1 N–H and O–H groups in total. The van der Waals surface area contributed by atoms with Crippen LogP contribution in [0.25, 0.3) is 0 Å². The molecule has 0 saturated carbocycles. The lowest BCUT2D eigenvalue weighted by atomic mass is 10.0. The molecule has 1 atom stereocenters. The predicted molar refractivity (Wildman–Crippen MR) is 83.2 cm³/mol. The first kappa shape index (κ1) is 15.3. The number of nitrogens with zero attached hydrogens (tertiary/aromatic N) is 2. The fourth-order valence-corrected chi connectivity index (χ4v) is 2.79. The van der Waals surface area contributed by atoms with Crippen LogP contribution >= 0.6 is 0 Å². The van der Waals surface area contributed by atoms with Gasteiger partial charge in [-0.1, -0.05) is 13.0 Å². The maximum Gasteiger partial charge on any atom is 0.133 e. The Bertz CT molecular complexity index is 402. The molecule has 0 radical (unpaired) electrons. The molecule has 0 amide bonds. The number of rotatable bonds is 6. The van der Waals surface area contributed by atoms with Crippen LogP contribution in [0.5, 0.6) is 0 Å². The average molecular weight is 277 g/mol. The van der Waals surface area contributed by atoms with Gasteiger partial charge in [-0.05, 0) is 38.8 Å². The van der Waals surface area contributed by atoms with Crippen LogP contribution in [0.15, 0.2) is 18.3 Å². The molecule has 4 nitrogen and oxygen atoms in total. The Balaban J connectivity index is 2.08. The molecular weight excluding hydrogens is 250 g/mol. The Morgan fingerprint density at radius 2 is 2.20 bits per heavy atom. The first-order valence-corrected chi connectivity index (χ1v) is 7.72. The van der Waals surface area contributed by atoms with Crippen LogP contribution in [-0.4, -0.2) is 37.8 Å². The standard InChI is InChI=1S/C16H27N3O/c1-4-9-17-13(2)15-6-5-10-18-16(15)19-11-7-14(20-3)8-12-19/h5-6,10,13-14,17H,4,7-9,11-12H2,1-3H3. The van der Waals surface area contributed by atoms with Crippen molar-refractivity contribution in [1.82, 2.24) is 10.3 Å². The number of anilines is 1. The topological polar surface area (TPSA) is 37.4 Å². The highest BCUT2D eigenvalue weighted by molar-refractivity contribution is 5.48. The second kappa shape index (κ2) is 7.60. The Hall–Kier alpha value is -1.13. The smallest absolute Gasteiger partial charge is 0.133 e. The van der Waals surface area contributed by atoms with Crippen LogP contribution in [0.2, 0.25) is 0 Å². The van der Waals surface area contributed by atoms with Crippen LogP contribution < -0.4 is 10.2 Å². The predicted octanol–water partition coefficient (Wildman–Crippen LogP) is 2.76. The lowest BCUT2D eigenvalue weighted by Crippen LogP contribution is -2.38. The van der Waals surface area contributed by atoms with Gasteiger partial charge in [0.15, 0.2) is 0 Å². The molecule has 20 heavy (non-hydrogen) atoms. The maximum absolute atomic E-state index is 5.45. The zero-order valence-corrected chi connectivity index (χ0v) is 12.9. The second-order valence-electron chi connectivity index (χ2n) is 5.51. The fraction of sp³-hybridized carbons (Fsp3) is 0.688. The third kappa shape index (κ3) is 3.70. The SMILES string of the molecule is CCCNC(C)c1cccnc1N1CCC(OC)CC1. The molecule has 1 unspecified atom stereocenters. The molecule has 0 spiro atoms. The minimum Gasteiger partial charge on any atom is -0.381 e. The van der Waals surface area contributed by atoms with E-state index in [0.29, 0.717) is 12.1 Å². The summed E-state index contributed by atoms with van der Waals surface area (Å²) in [6, 6.07) is 4.57. The summed E-state index contributed by atoms with van der Waals surface area (Å²) in [4.78, 5) is 7.03. The first-order valence-electron chi connectivity index (χ1n) is 7.72. The van der Waals surface area contributed by atoms with Crippen molar-refractivity contribution < 1.29 is 4.74 Å². The molecule has 4 heteroatoms. The van der Waals surface area contributed by atoms with Gasteiger partial charge in [-0.15, -0.1) is 0 Å². The third-order valence-corrected chi connectivity index (χ3v) is 4.06. The molecule has 1 aliphatic rings. The van der Waals surface area contributed by atoms with Gasteiger partial charge in [-0.25, -0.2) is 4.98 Å². The van der Waals surface area contributed by atoms with Crippen LogP contribution in [0.3, 0.4) is 0 Å². The van der Waals surface area contributed by atoms with Gasteiger partial charge < -0.3 is 15.0 Å². The van der Waals surface area contributed by atoms with Crippen LogP contribution in [0, 0.1) is 0 Å². The molecular formula is C16H27N3O. The Labute approximate surface area is 122 Å². The van der Waals surface area contributed by atoms with E-state index in [1.807, 2.05) is 19.4 Å². The number of aromatic nitrogens is 1. The maximum atomic E-state index is 5.45. The van der Waals surface area contributed by atoms with Crippen molar-refractivity contribution in [1.29, 1.82) is 0 Å². The van der Waals surface area contributed by atoms with E-state index < -0.39 is 0 Å². The summed E-state index contributed by atoms with van der Waals surface area (Å²) < 4.78 is 5.45. The molecule has 1 fully saturated rings. The number of ether oxygens (including phenoxy) is 1. The summed E-state index contributed by atoms with van der Waals surface area (Å²) in [5.74, 6) is 1.14.